The summed E-state index contributed by atoms with van der Waals surface area (Å²) >= 11 is 0. The summed E-state index contributed by atoms with van der Waals surface area (Å²) in [4.78, 5) is 15.0. The van der Waals surface area contributed by atoms with Crippen molar-refractivity contribution >= 4 is 27.3 Å². The molecule has 7 nitrogen and oxygen atoms in total. The van der Waals surface area contributed by atoms with E-state index >= 15 is 0 Å². The zero-order chi connectivity index (χ0) is 23.0. The molecule has 0 spiro atoms. The number of hydrogen-bond donors (Lipinski definition) is 2. The summed E-state index contributed by atoms with van der Waals surface area (Å²) < 4.78 is 31.9. The van der Waals surface area contributed by atoms with E-state index in [-0.39, 0.29) is 24.0 Å². The normalized spacial score (nSPS) is 11.2. The van der Waals surface area contributed by atoms with E-state index in [0.29, 0.717) is 17.8 Å². The molecule has 0 aliphatic heterocycles. The van der Waals surface area contributed by atoms with Crippen molar-refractivity contribution in [1.29, 1.82) is 0 Å². The standard InChI is InChI=1S/C24H27N3O4S/c1-27(18-19-8-4-3-5-9-19)23-11-7-6-10-22(23)26-24(28)20-12-14-21(15-13-20)32(29,30)25-16-17-31-2/h3-15,25H,16-18H2,1-2H3,(H,26,28). The Bertz CT molecular complexity index is 1130. The second-order valence-corrected chi connectivity index (χ2v) is 8.99. The first kappa shape index (κ1) is 23.5. The van der Waals surface area contributed by atoms with Gasteiger partial charge in [-0.1, -0.05) is 42.5 Å². The van der Waals surface area contributed by atoms with Crippen molar-refractivity contribution in [2.24, 2.45) is 0 Å². The van der Waals surface area contributed by atoms with Crippen LogP contribution in [0.4, 0.5) is 11.4 Å². The highest BCUT2D eigenvalue weighted by molar-refractivity contribution is 7.89. The lowest BCUT2D eigenvalue weighted by Crippen LogP contribution is -2.27. The number of carbonyl (C=O) groups is 1. The number of nitrogens with one attached hydrogen (secondary N) is 2. The summed E-state index contributed by atoms with van der Waals surface area (Å²) in [7, 11) is -0.184. The number of hydrogen-bond acceptors (Lipinski definition) is 5. The fourth-order valence-corrected chi connectivity index (χ4v) is 4.21. The smallest absolute Gasteiger partial charge is 0.255 e. The van der Waals surface area contributed by atoms with Gasteiger partial charge in [-0.15, -0.1) is 0 Å². The molecule has 0 saturated heterocycles. The van der Waals surface area contributed by atoms with E-state index in [4.69, 9.17) is 4.74 Å². The van der Waals surface area contributed by atoms with Gasteiger partial charge < -0.3 is 15.0 Å². The highest BCUT2D eigenvalue weighted by Gasteiger charge is 2.16. The molecule has 2 N–H and O–H groups in total. The third kappa shape index (κ3) is 6.16. The lowest BCUT2D eigenvalue weighted by molar-refractivity contribution is 0.102. The van der Waals surface area contributed by atoms with Gasteiger partial charge in [0.25, 0.3) is 5.91 Å². The van der Waals surface area contributed by atoms with Gasteiger partial charge in [0.1, 0.15) is 0 Å². The minimum absolute atomic E-state index is 0.0909. The van der Waals surface area contributed by atoms with Crippen LogP contribution in [0.1, 0.15) is 15.9 Å². The van der Waals surface area contributed by atoms with Crippen LogP contribution in [-0.4, -0.2) is 41.6 Å². The molecule has 0 radical (unpaired) electrons. The third-order valence-electron chi connectivity index (χ3n) is 4.85. The predicted molar refractivity (Wildman–Crippen MR) is 126 cm³/mol. The predicted octanol–water partition coefficient (Wildman–Crippen LogP) is 3.50. The lowest BCUT2D eigenvalue weighted by Gasteiger charge is -2.23. The largest absolute Gasteiger partial charge is 0.383 e. The van der Waals surface area contributed by atoms with Crippen LogP contribution in [0.3, 0.4) is 0 Å². The molecule has 168 valence electrons. The van der Waals surface area contributed by atoms with Gasteiger partial charge in [-0.2, -0.15) is 0 Å². The van der Waals surface area contributed by atoms with Crippen LogP contribution in [0.25, 0.3) is 0 Å². The molecule has 3 rings (SSSR count). The maximum atomic E-state index is 12.8. The van der Waals surface area contributed by atoms with Crippen LogP contribution < -0.4 is 14.9 Å². The third-order valence-corrected chi connectivity index (χ3v) is 6.33. The van der Waals surface area contributed by atoms with Crippen LogP contribution in [0.15, 0.2) is 83.8 Å². The van der Waals surface area contributed by atoms with Crippen LogP contribution >= 0.6 is 0 Å². The van der Waals surface area contributed by atoms with Crippen molar-refractivity contribution in [1.82, 2.24) is 4.72 Å². The Morgan fingerprint density at radius 3 is 2.28 bits per heavy atom. The van der Waals surface area contributed by atoms with Crippen molar-refractivity contribution in [3.8, 4) is 0 Å². The van der Waals surface area contributed by atoms with Gasteiger partial charge in [-0.3, -0.25) is 4.79 Å². The zero-order valence-electron chi connectivity index (χ0n) is 18.1. The minimum Gasteiger partial charge on any atom is -0.383 e. The van der Waals surface area contributed by atoms with Gasteiger partial charge in [0, 0.05) is 32.8 Å². The van der Waals surface area contributed by atoms with Crippen molar-refractivity contribution in [2.45, 2.75) is 11.4 Å². The number of ether oxygens (including phenoxy) is 1. The molecule has 8 heteroatoms. The summed E-state index contributed by atoms with van der Waals surface area (Å²) in [6.07, 6.45) is 0. The Labute approximate surface area is 189 Å². The number of nitrogens with zero attached hydrogens (tertiary/aromatic N) is 1. The highest BCUT2D eigenvalue weighted by atomic mass is 32.2. The van der Waals surface area contributed by atoms with E-state index in [0.717, 1.165) is 11.3 Å². The van der Waals surface area contributed by atoms with Gasteiger partial charge in [0.05, 0.1) is 22.9 Å². The number of rotatable bonds is 10. The Morgan fingerprint density at radius 1 is 0.938 bits per heavy atom. The van der Waals surface area contributed by atoms with Crippen molar-refractivity contribution in [3.05, 3.63) is 90.0 Å². The van der Waals surface area contributed by atoms with Crippen molar-refractivity contribution in [2.75, 3.05) is 37.5 Å². The van der Waals surface area contributed by atoms with Crippen LogP contribution in [0, 0.1) is 0 Å². The SMILES string of the molecule is COCCNS(=O)(=O)c1ccc(C(=O)Nc2ccccc2N(C)Cc2ccccc2)cc1. The molecule has 0 aliphatic carbocycles. The monoisotopic (exact) mass is 453 g/mol. The van der Waals surface area contributed by atoms with Gasteiger partial charge in [-0.25, -0.2) is 13.1 Å². The van der Waals surface area contributed by atoms with E-state index in [1.807, 2.05) is 49.5 Å². The summed E-state index contributed by atoms with van der Waals surface area (Å²) in [6, 6.07) is 23.5. The van der Waals surface area contributed by atoms with Crippen LogP contribution in [0.2, 0.25) is 0 Å². The zero-order valence-corrected chi connectivity index (χ0v) is 18.9. The van der Waals surface area contributed by atoms with Crippen LogP contribution in [0.5, 0.6) is 0 Å². The Morgan fingerprint density at radius 2 is 1.59 bits per heavy atom. The quantitative estimate of drug-likeness (QED) is 0.459. The molecule has 0 unspecified atom stereocenters. The topological polar surface area (TPSA) is 87.7 Å². The summed E-state index contributed by atoms with van der Waals surface area (Å²) in [5, 5.41) is 2.93. The molecule has 0 bridgehead atoms. The fourth-order valence-electron chi connectivity index (χ4n) is 3.20. The number of methoxy groups -OCH3 is 1. The maximum Gasteiger partial charge on any atom is 0.255 e. The number of amides is 1. The summed E-state index contributed by atoms with van der Waals surface area (Å²) in [5.41, 5.74) is 3.08. The summed E-state index contributed by atoms with van der Waals surface area (Å²) in [5.74, 6) is -0.318. The number of sulfonamides is 1. The Kier molecular flexibility index (Phi) is 7.99. The molecule has 0 aliphatic rings. The molecule has 0 heterocycles. The van der Waals surface area contributed by atoms with E-state index in [1.165, 1.54) is 31.4 Å². The second-order valence-electron chi connectivity index (χ2n) is 7.23. The number of anilines is 2. The van der Waals surface area contributed by atoms with Gasteiger partial charge >= 0.3 is 0 Å². The van der Waals surface area contributed by atoms with Gasteiger partial charge in [0.15, 0.2) is 0 Å². The lowest BCUT2D eigenvalue weighted by atomic mass is 10.1. The highest BCUT2D eigenvalue weighted by Crippen LogP contribution is 2.26. The fraction of sp³-hybridized carbons (Fsp3) is 0.208. The van der Waals surface area contributed by atoms with Gasteiger partial charge in [0.2, 0.25) is 10.0 Å². The average Bonchev–Trinajstić information content (AvgIpc) is 2.80. The first-order valence-electron chi connectivity index (χ1n) is 10.1. The first-order chi connectivity index (χ1) is 15.4. The maximum absolute atomic E-state index is 12.8. The first-order valence-corrected chi connectivity index (χ1v) is 11.6. The van der Waals surface area contributed by atoms with Crippen LogP contribution in [-0.2, 0) is 21.3 Å². The molecule has 1 amide bonds. The molecule has 0 fully saturated rings. The number of benzene rings is 3. The molecular formula is C24H27N3O4S. The molecular weight excluding hydrogens is 426 g/mol. The molecule has 3 aromatic carbocycles. The Hall–Kier alpha value is -3.20. The minimum atomic E-state index is -3.65. The number of carbonyl (C=O) groups excluding carboxylic acids is 1. The van der Waals surface area contributed by atoms with Gasteiger partial charge in [-0.05, 0) is 42.0 Å². The van der Waals surface area contributed by atoms with E-state index < -0.39 is 10.0 Å². The Balaban J connectivity index is 1.71. The average molecular weight is 454 g/mol. The molecule has 0 aromatic heterocycles. The van der Waals surface area contributed by atoms with E-state index in [1.54, 1.807) is 0 Å². The number of para-hydroxylation sites is 2. The molecule has 3 aromatic rings. The van der Waals surface area contributed by atoms with E-state index in [2.05, 4.69) is 27.1 Å². The molecule has 0 saturated carbocycles. The van der Waals surface area contributed by atoms with Crippen molar-refractivity contribution < 1.29 is 17.9 Å². The molecule has 32 heavy (non-hydrogen) atoms. The second kappa shape index (κ2) is 10.9. The molecule has 0 atom stereocenters. The van der Waals surface area contributed by atoms with E-state index in [9.17, 15) is 13.2 Å². The van der Waals surface area contributed by atoms with Crippen molar-refractivity contribution in [3.63, 3.8) is 0 Å². The summed E-state index contributed by atoms with van der Waals surface area (Å²) in [6.45, 7) is 1.14.